The third kappa shape index (κ3) is 2.32. The highest BCUT2D eigenvalue weighted by Crippen LogP contribution is 2.37. The van der Waals surface area contributed by atoms with Crippen LogP contribution in [-0.4, -0.2) is 17.0 Å². The molecular formula is C14H15N3O2S. The second-order valence-electron chi connectivity index (χ2n) is 4.87. The molecule has 5 nitrogen and oxygen atoms in total. The molecule has 2 aromatic rings. The molecule has 6 heteroatoms. The molecule has 0 saturated carbocycles. The van der Waals surface area contributed by atoms with Crippen LogP contribution in [0.5, 0.6) is 0 Å². The maximum absolute atomic E-state index is 10.7. The molecule has 1 unspecified atom stereocenters. The molecule has 104 valence electrons. The normalized spacial score (nSPS) is 17.8. The molecule has 1 aromatic heterocycles. The molecule has 0 bridgehead atoms. The minimum Gasteiger partial charge on any atom is -0.312 e. The van der Waals surface area contributed by atoms with E-state index in [0.29, 0.717) is 6.04 Å². The van der Waals surface area contributed by atoms with Gasteiger partial charge in [-0.25, -0.2) is 4.98 Å². The second kappa shape index (κ2) is 5.30. The van der Waals surface area contributed by atoms with Crippen molar-refractivity contribution in [1.82, 2.24) is 10.3 Å². The van der Waals surface area contributed by atoms with Gasteiger partial charge in [-0.3, -0.25) is 10.1 Å². The van der Waals surface area contributed by atoms with E-state index in [0.717, 1.165) is 29.8 Å². The Morgan fingerprint density at radius 2 is 2.15 bits per heavy atom. The highest BCUT2D eigenvalue weighted by atomic mass is 32.1. The average molecular weight is 289 g/mol. The van der Waals surface area contributed by atoms with Gasteiger partial charge in [-0.1, -0.05) is 0 Å². The fourth-order valence-electron chi connectivity index (χ4n) is 2.54. The molecule has 0 spiro atoms. The Morgan fingerprint density at radius 1 is 1.40 bits per heavy atom. The van der Waals surface area contributed by atoms with Crippen molar-refractivity contribution in [3.63, 3.8) is 0 Å². The van der Waals surface area contributed by atoms with Crippen LogP contribution in [0.3, 0.4) is 0 Å². The first-order valence-corrected chi connectivity index (χ1v) is 7.42. The first kappa shape index (κ1) is 13.2. The molecule has 0 amide bonds. The third-order valence-corrected chi connectivity index (χ3v) is 4.88. The van der Waals surface area contributed by atoms with E-state index in [1.165, 1.54) is 22.7 Å². The Morgan fingerprint density at radius 3 is 2.80 bits per heavy atom. The number of nitrogens with zero attached hydrogens (tertiary/aromatic N) is 2. The largest absolute Gasteiger partial charge is 0.312 e. The topological polar surface area (TPSA) is 68.1 Å². The lowest BCUT2D eigenvalue weighted by Gasteiger charge is -2.19. The number of aryl methyl sites for hydroxylation is 1. The average Bonchev–Trinajstić information content (AvgIpc) is 2.91. The maximum Gasteiger partial charge on any atom is 0.269 e. The van der Waals surface area contributed by atoms with E-state index in [1.54, 1.807) is 23.5 Å². The van der Waals surface area contributed by atoms with E-state index < -0.39 is 0 Å². The van der Waals surface area contributed by atoms with Crippen molar-refractivity contribution in [2.75, 3.05) is 7.05 Å². The molecule has 1 aromatic carbocycles. The Kier molecular flexibility index (Phi) is 3.50. The predicted octanol–water partition coefficient (Wildman–Crippen LogP) is 3.32. The number of nitro benzene ring substituents is 1. The lowest BCUT2D eigenvalue weighted by atomic mass is 9.98. The van der Waals surface area contributed by atoms with Crippen LogP contribution in [0.4, 0.5) is 5.69 Å². The summed E-state index contributed by atoms with van der Waals surface area (Å²) in [4.78, 5) is 16.3. The van der Waals surface area contributed by atoms with Crippen molar-refractivity contribution in [3.05, 3.63) is 45.0 Å². The summed E-state index contributed by atoms with van der Waals surface area (Å²) in [5, 5.41) is 15.0. The first-order chi connectivity index (χ1) is 9.69. The summed E-state index contributed by atoms with van der Waals surface area (Å²) < 4.78 is 0. The van der Waals surface area contributed by atoms with Crippen molar-refractivity contribution in [3.8, 4) is 10.6 Å². The Hall–Kier alpha value is -1.79. The molecule has 0 aliphatic heterocycles. The summed E-state index contributed by atoms with van der Waals surface area (Å²) in [6.07, 6.45) is 3.32. The third-order valence-electron chi connectivity index (χ3n) is 3.62. The first-order valence-electron chi connectivity index (χ1n) is 6.60. The molecule has 1 atom stereocenters. The highest BCUT2D eigenvalue weighted by molar-refractivity contribution is 7.15. The molecule has 0 saturated heterocycles. The Labute approximate surface area is 120 Å². The van der Waals surface area contributed by atoms with E-state index in [-0.39, 0.29) is 10.6 Å². The molecule has 1 aliphatic carbocycles. The quantitative estimate of drug-likeness (QED) is 0.695. The SMILES string of the molecule is CNC1CCCc2nc(-c3ccc([N+](=O)[O-])cc3)sc21. The van der Waals surface area contributed by atoms with Crippen LogP contribution in [0.2, 0.25) is 0 Å². The number of rotatable bonds is 3. The summed E-state index contributed by atoms with van der Waals surface area (Å²) in [6, 6.07) is 7.01. The van der Waals surface area contributed by atoms with Gasteiger partial charge in [-0.05, 0) is 38.4 Å². The minimum atomic E-state index is -0.381. The van der Waals surface area contributed by atoms with Gasteiger partial charge in [0.05, 0.1) is 10.6 Å². The van der Waals surface area contributed by atoms with Crippen LogP contribution in [-0.2, 0) is 6.42 Å². The van der Waals surface area contributed by atoms with Gasteiger partial charge in [0.2, 0.25) is 0 Å². The highest BCUT2D eigenvalue weighted by Gasteiger charge is 2.23. The summed E-state index contributed by atoms with van der Waals surface area (Å²) in [5.74, 6) is 0. The molecule has 0 fully saturated rings. The zero-order valence-corrected chi connectivity index (χ0v) is 11.9. The number of thiazole rings is 1. The van der Waals surface area contributed by atoms with Crippen LogP contribution < -0.4 is 5.32 Å². The maximum atomic E-state index is 10.7. The zero-order chi connectivity index (χ0) is 14.1. The standard InChI is InChI=1S/C14H15N3O2S/c1-15-11-3-2-4-12-13(11)20-14(16-12)9-5-7-10(8-6-9)17(18)19/h5-8,11,15H,2-4H2,1H3. The van der Waals surface area contributed by atoms with Crippen molar-refractivity contribution >= 4 is 17.0 Å². The van der Waals surface area contributed by atoms with E-state index in [4.69, 9.17) is 4.98 Å². The lowest BCUT2D eigenvalue weighted by molar-refractivity contribution is -0.384. The predicted molar refractivity (Wildman–Crippen MR) is 78.9 cm³/mol. The van der Waals surface area contributed by atoms with Crippen molar-refractivity contribution in [2.24, 2.45) is 0 Å². The summed E-state index contributed by atoms with van der Waals surface area (Å²) >= 11 is 1.69. The van der Waals surface area contributed by atoms with E-state index in [2.05, 4.69) is 5.32 Å². The van der Waals surface area contributed by atoms with Gasteiger partial charge in [0.15, 0.2) is 0 Å². The summed E-state index contributed by atoms with van der Waals surface area (Å²) in [7, 11) is 1.98. The number of aromatic nitrogens is 1. The smallest absolute Gasteiger partial charge is 0.269 e. The fourth-order valence-corrected chi connectivity index (χ4v) is 3.81. The number of nitro groups is 1. The summed E-state index contributed by atoms with van der Waals surface area (Å²) in [5.41, 5.74) is 2.24. The molecule has 1 heterocycles. The van der Waals surface area contributed by atoms with Crippen LogP contribution in [0, 0.1) is 10.1 Å². The van der Waals surface area contributed by atoms with Gasteiger partial charge in [0, 0.05) is 28.6 Å². The van der Waals surface area contributed by atoms with Gasteiger partial charge < -0.3 is 5.32 Å². The molecular weight excluding hydrogens is 274 g/mol. The van der Waals surface area contributed by atoms with Crippen LogP contribution in [0.1, 0.15) is 29.5 Å². The number of non-ortho nitro benzene ring substituents is 1. The monoisotopic (exact) mass is 289 g/mol. The van der Waals surface area contributed by atoms with Gasteiger partial charge in [-0.15, -0.1) is 11.3 Å². The van der Waals surface area contributed by atoms with Crippen molar-refractivity contribution < 1.29 is 4.92 Å². The molecule has 0 radical (unpaired) electrons. The number of hydrogen-bond donors (Lipinski definition) is 1. The lowest BCUT2D eigenvalue weighted by Crippen LogP contribution is -2.19. The fraction of sp³-hybridized carbons (Fsp3) is 0.357. The van der Waals surface area contributed by atoms with Crippen molar-refractivity contribution in [2.45, 2.75) is 25.3 Å². The summed E-state index contributed by atoms with van der Waals surface area (Å²) in [6.45, 7) is 0. The van der Waals surface area contributed by atoms with Gasteiger partial charge in [-0.2, -0.15) is 0 Å². The van der Waals surface area contributed by atoms with Gasteiger partial charge in [0.1, 0.15) is 5.01 Å². The zero-order valence-electron chi connectivity index (χ0n) is 11.1. The van der Waals surface area contributed by atoms with E-state index in [1.807, 2.05) is 7.05 Å². The molecule has 1 aliphatic rings. The van der Waals surface area contributed by atoms with E-state index in [9.17, 15) is 10.1 Å². The molecule has 3 rings (SSSR count). The van der Waals surface area contributed by atoms with Crippen molar-refractivity contribution in [1.29, 1.82) is 0 Å². The van der Waals surface area contributed by atoms with Gasteiger partial charge >= 0.3 is 0 Å². The number of nitrogens with one attached hydrogen (secondary N) is 1. The number of hydrogen-bond acceptors (Lipinski definition) is 5. The second-order valence-corrected chi connectivity index (χ2v) is 5.90. The molecule has 1 N–H and O–H groups in total. The van der Waals surface area contributed by atoms with E-state index >= 15 is 0 Å². The number of fused-ring (bicyclic) bond motifs is 1. The van der Waals surface area contributed by atoms with Gasteiger partial charge in [0.25, 0.3) is 5.69 Å². The number of benzene rings is 1. The van der Waals surface area contributed by atoms with Crippen LogP contribution in [0.25, 0.3) is 10.6 Å². The Balaban J connectivity index is 1.95. The van der Waals surface area contributed by atoms with Crippen LogP contribution >= 0.6 is 11.3 Å². The van der Waals surface area contributed by atoms with Crippen LogP contribution in [0.15, 0.2) is 24.3 Å². The minimum absolute atomic E-state index is 0.114. The Bertz CT molecular complexity index is 636. The molecule has 20 heavy (non-hydrogen) atoms.